The van der Waals surface area contributed by atoms with Gasteiger partial charge >= 0.3 is 0 Å². The van der Waals surface area contributed by atoms with Crippen LogP contribution < -0.4 is 5.32 Å². The second-order valence-corrected chi connectivity index (χ2v) is 11.7. The Bertz CT molecular complexity index is 1130. The zero-order chi connectivity index (χ0) is 23.1. The highest BCUT2D eigenvalue weighted by molar-refractivity contribution is 7.98. The second kappa shape index (κ2) is 9.33. The Hall–Kier alpha value is -1.82. The smallest absolute Gasteiger partial charge is 0.106 e. The van der Waals surface area contributed by atoms with E-state index in [4.69, 9.17) is 4.98 Å². The number of piperidine rings is 2. The third-order valence-electron chi connectivity index (χ3n) is 9.09. The van der Waals surface area contributed by atoms with Crippen molar-refractivity contribution in [2.45, 2.75) is 80.3 Å². The lowest BCUT2D eigenvalue weighted by molar-refractivity contribution is 0.0929. The SMILES string of the molecule is CSc1cccc(C2(CCN3[C@@H]4CC[C@H]3CC(n3c(C)nc5ccccc53)C4)CCNCC2)c1. The first-order valence-electron chi connectivity index (χ1n) is 13.2. The minimum absolute atomic E-state index is 0.324. The van der Waals surface area contributed by atoms with Gasteiger partial charge in [-0.05, 0) is 113 Å². The third-order valence-corrected chi connectivity index (χ3v) is 9.81. The topological polar surface area (TPSA) is 33.1 Å². The van der Waals surface area contributed by atoms with Gasteiger partial charge in [0.2, 0.25) is 0 Å². The van der Waals surface area contributed by atoms with Crippen molar-refractivity contribution in [3.63, 3.8) is 0 Å². The van der Waals surface area contributed by atoms with Gasteiger partial charge in [-0.3, -0.25) is 4.90 Å². The highest BCUT2D eigenvalue weighted by Crippen LogP contribution is 2.44. The number of fused-ring (bicyclic) bond motifs is 3. The number of para-hydroxylation sites is 2. The van der Waals surface area contributed by atoms with Crippen LogP contribution >= 0.6 is 11.8 Å². The predicted molar refractivity (Wildman–Crippen MR) is 143 cm³/mol. The van der Waals surface area contributed by atoms with E-state index in [1.165, 1.54) is 67.7 Å². The predicted octanol–water partition coefficient (Wildman–Crippen LogP) is 5.95. The van der Waals surface area contributed by atoms with Crippen molar-refractivity contribution in [1.29, 1.82) is 0 Å². The van der Waals surface area contributed by atoms with Gasteiger partial charge in [-0.15, -0.1) is 11.8 Å². The Morgan fingerprint density at radius 1 is 1.00 bits per heavy atom. The molecular weight excluding hydrogens is 436 g/mol. The summed E-state index contributed by atoms with van der Waals surface area (Å²) in [5.74, 6) is 1.18. The summed E-state index contributed by atoms with van der Waals surface area (Å²) in [6, 6.07) is 20.1. The molecule has 3 saturated heterocycles. The molecule has 3 aliphatic heterocycles. The first kappa shape index (κ1) is 22.6. The maximum absolute atomic E-state index is 4.87. The molecule has 4 nitrogen and oxygen atoms in total. The van der Waals surface area contributed by atoms with Crippen LogP contribution in [0.5, 0.6) is 0 Å². The molecule has 0 spiro atoms. The normalized spacial score (nSPS) is 26.8. The van der Waals surface area contributed by atoms with Crippen LogP contribution in [0.1, 0.15) is 62.4 Å². The van der Waals surface area contributed by atoms with Crippen LogP contribution in [0.4, 0.5) is 0 Å². The van der Waals surface area contributed by atoms with Gasteiger partial charge in [-0.25, -0.2) is 4.98 Å². The van der Waals surface area contributed by atoms with Gasteiger partial charge in [0.1, 0.15) is 5.82 Å². The molecule has 5 heteroatoms. The van der Waals surface area contributed by atoms with E-state index < -0.39 is 0 Å². The van der Waals surface area contributed by atoms with Crippen molar-refractivity contribution in [1.82, 2.24) is 19.8 Å². The summed E-state index contributed by atoms with van der Waals surface area (Å²) in [5.41, 5.74) is 4.36. The van der Waals surface area contributed by atoms with Crippen LogP contribution in [0.25, 0.3) is 11.0 Å². The van der Waals surface area contributed by atoms with Gasteiger partial charge in [-0.1, -0.05) is 24.3 Å². The number of nitrogens with zero attached hydrogens (tertiary/aromatic N) is 3. The molecule has 3 fully saturated rings. The molecule has 34 heavy (non-hydrogen) atoms. The number of thioether (sulfide) groups is 1. The summed E-state index contributed by atoms with van der Waals surface area (Å²) >= 11 is 1.87. The number of aromatic nitrogens is 2. The molecule has 3 atom stereocenters. The molecule has 0 radical (unpaired) electrons. The fourth-order valence-electron chi connectivity index (χ4n) is 7.33. The standard InChI is InChI=1S/C29H38N4S/c1-21-31-27-8-3-4-9-28(27)33(21)25-19-23-10-11-24(20-25)32(23)17-14-29(12-15-30-16-13-29)22-6-5-7-26(18-22)34-2/h3-9,18,23-25,30H,10-17,19-20H2,1-2H3/t23-,24+,25?. The van der Waals surface area contributed by atoms with Gasteiger partial charge in [0.25, 0.3) is 0 Å². The van der Waals surface area contributed by atoms with Crippen molar-refractivity contribution < 1.29 is 0 Å². The maximum Gasteiger partial charge on any atom is 0.106 e. The van der Waals surface area contributed by atoms with E-state index in [0.717, 1.165) is 30.7 Å². The number of hydrogen-bond acceptors (Lipinski definition) is 4. The Labute approximate surface area is 208 Å². The number of aryl methyl sites for hydroxylation is 1. The van der Waals surface area contributed by atoms with Gasteiger partial charge < -0.3 is 9.88 Å². The van der Waals surface area contributed by atoms with Gasteiger partial charge in [0.15, 0.2) is 0 Å². The van der Waals surface area contributed by atoms with Crippen LogP contribution in [0.15, 0.2) is 53.4 Å². The maximum atomic E-state index is 4.87. The molecule has 2 bridgehead atoms. The van der Waals surface area contributed by atoms with Crippen molar-refractivity contribution >= 4 is 22.8 Å². The van der Waals surface area contributed by atoms with Gasteiger partial charge in [-0.2, -0.15) is 0 Å². The number of hydrogen-bond donors (Lipinski definition) is 1. The lowest BCUT2D eigenvalue weighted by Crippen LogP contribution is -2.47. The van der Waals surface area contributed by atoms with Gasteiger partial charge in [0, 0.05) is 23.0 Å². The van der Waals surface area contributed by atoms with E-state index in [1.807, 2.05) is 11.8 Å². The summed E-state index contributed by atoms with van der Waals surface area (Å²) in [6.45, 7) is 5.73. The highest BCUT2D eigenvalue weighted by atomic mass is 32.2. The average molecular weight is 475 g/mol. The summed E-state index contributed by atoms with van der Waals surface area (Å²) < 4.78 is 2.56. The molecule has 6 rings (SSSR count). The Balaban J connectivity index is 1.20. The molecule has 1 unspecified atom stereocenters. The van der Waals surface area contributed by atoms with Crippen molar-refractivity contribution in [3.05, 3.63) is 59.9 Å². The highest BCUT2D eigenvalue weighted by Gasteiger charge is 2.43. The molecule has 1 aromatic heterocycles. The first-order valence-corrected chi connectivity index (χ1v) is 14.4. The van der Waals surface area contributed by atoms with Crippen molar-refractivity contribution in [2.75, 3.05) is 25.9 Å². The summed E-state index contributed by atoms with van der Waals surface area (Å²) in [5, 5.41) is 3.62. The van der Waals surface area contributed by atoms with E-state index in [2.05, 4.69) is 76.5 Å². The molecule has 2 aromatic carbocycles. The Kier molecular flexibility index (Phi) is 6.21. The average Bonchev–Trinajstić information content (AvgIpc) is 3.34. The summed E-state index contributed by atoms with van der Waals surface area (Å²) in [4.78, 5) is 9.19. The number of benzene rings is 2. The van der Waals surface area contributed by atoms with E-state index in [9.17, 15) is 0 Å². The Morgan fingerprint density at radius 3 is 2.53 bits per heavy atom. The monoisotopic (exact) mass is 474 g/mol. The molecule has 3 aliphatic rings. The van der Waals surface area contributed by atoms with Crippen LogP contribution in [0.2, 0.25) is 0 Å². The third kappa shape index (κ3) is 4.00. The number of rotatable bonds is 6. The van der Waals surface area contributed by atoms with E-state index >= 15 is 0 Å². The lowest BCUT2D eigenvalue weighted by atomic mass is 9.70. The molecule has 180 valence electrons. The molecule has 0 aliphatic carbocycles. The first-order chi connectivity index (χ1) is 16.7. The summed E-state index contributed by atoms with van der Waals surface area (Å²) in [6.07, 6.45) is 11.3. The zero-order valence-electron chi connectivity index (χ0n) is 20.7. The molecule has 3 aromatic rings. The van der Waals surface area contributed by atoms with Crippen LogP contribution in [0, 0.1) is 6.92 Å². The fraction of sp³-hybridized carbons (Fsp3) is 0.552. The van der Waals surface area contributed by atoms with Crippen molar-refractivity contribution in [2.24, 2.45) is 0 Å². The largest absolute Gasteiger partial charge is 0.325 e. The molecule has 1 N–H and O–H groups in total. The van der Waals surface area contributed by atoms with Crippen LogP contribution in [0.3, 0.4) is 0 Å². The molecule has 0 amide bonds. The Morgan fingerprint density at radius 2 is 1.76 bits per heavy atom. The quantitative estimate of drug-likeness (QED) is 0.448. The fourth-order valence-corrected chi connectivity index (χ4v) is 7.79. The van der Waals surface area contributed by atoms with E-state index in [1.54, 1.807) is 5.56 Å². The molecular formula is C29H38N4S. The molecule has 0 saturated carbocycles. The van der Waals surface area contributed by atoms with Crippen molar-refractivity contribution in [3.8, 4) is 0 Å². The number of imidazole rings is 1. The second-order valence-electron chi connectivity index (χ2n) is 10.8. The lowest BCUT2D eigenvalue weighted by Gasteiger charge is -2.44. The van der Waals surface area contributed by atoms with Gasteiger partial charge in [0.05, 0.1) is 11.0 Å². The zero-order valence-corrected chi connectivity index (χ0v) is 21.5. The minimum Gasteiger partial charge on any atom is -0.325 e. The number of nitrogens with one attached hydrogen (secondary N) is 1. The van der Waals surface area contributed by atoms with E-state index in [-0.39, 0.29) is 0 Å². The summed E-state index contributed by atoms with van der Waals surface area (Å²) in [7, 11) is 0. The van der Waals surface area contributed by atoms with Crippen LogP contribution in [-0.2, 0) is 5.41 Å². The molecule has 4 heterocycles. The van der Waals surface area contributed by atoms with Crippen LogP contribution in [-0.4, -0.2) is 52.4 Å². The minimum atomic E-state index is 0.324. The van der Waals surface area contributed by atoms with E-state index in [0.29, 0.717) is 11.5 Å².